The van der Waals surface area contributed by atoms with Gasteiger partial charge in [-0.3, -0.25) is 29.4 Å². The van der Waals surface area contributed by atoms with Gasteiger partial charge in [-0.2, -0.15) is 0 Å². The molecule has 1 fully saturated rings. The van der Waals surface area contributed by atoms with E-state index in [4.69, 9.17) is 16.3 Å². The van der Waals surface area contributed by atoms with Crippen molar-refractivity contribution in [3.63, 3.8) is 0 Å². The molecule has 0 aromatic heterocycles. The van der Waals surface area contributed by atoms with Gasteiger partial charge in [-0.1, -0.05) is 41.9 Å². The Kier molecular flexibility index (Phi) is 7.88. The highest BCUT2D eigenvalue weighted by molar-refractivity contribution is 8.00. The molecule has 0 aliphatic carbocycles. The van der Waals surface area contributed by atoms with E-state index in [1.807, 2.05) is 0 Å². The van der Waals surface area contributed by atoms with Crippen LogP contribution in [0.2, 0.25) is 5.02 Å². The minimum Gasteiger partial charge on any atom is -0.477 e. The Labute approximate surface area is 225 Å². The number of nitro groups is 1. The highest BCUT2D eigenvalue weighted by Gasteiger charge is 2.54. The highest BCUT2D eigenvalue weighted by Crippen LogP contribution is 2.40. The number of nitrogens with zero attached hydrogens (tertiary/aromatic N) is 2. The van der Waals surface area contributed by atoms with Crippen molar-refractivity contribution >= 4 is 52.7 Å². The van der Waals surface area contributed by atoms with Gasteiger partial charge in [0.05, 0.1) is 4.92 Å². The first-order valence-corrected chi connectivity index (χ1v) is 12.6. The Balaban J connectivity index is 1.46. The van der Waals surface area contributed by atoms with Crippen molar-refractivity contribution in [1.82, 2.24) is 15.5 Å². The van der Waals surface area contributed by atoms with Crippen LogP contribution in [0.4, 0.5) is 5.69 Å². The molecule has 2 aromatic rings. The number of hydrogen-bond donors (Lipinski definition) is 3. The molecule has 4 rings (SSSR count). The van der Waals surface area contributed by atoms with Crippen LogP contribution in [-0.2, 0) is 19.2 Å². The maximum atomic E-state index is 13.3. The summed E-state index contributed by atoms with van der Waals surface area (Å²) in [6.45, 7) is 0.993. The SMILES string of the molecule is CC1=C(C(=O)O)N2C(=O)C(NC(=O)[C@@H](NC(=O)COc3ccc(Cl)cc3[N+](=O)[O-])c3ccccc3)[C@@H]2SC1. The van der Waals surface area contributed by atoms with E-state index in [1.54, 1.807) is 37.3 Å². The first kappa shape index (κ1) is 26.9. The number of carboxylic acids is 1. The Morgan fingerprint density at radius 3 is 2.63 bits per heavy atom. The average Bonchev–Trinajstić information content (AvgIpc) is 2.89. The van der Waals surface area contributed by atoms with Crippen LogP contribution in [0, 0.1) is 10.1 Å². The lowest BCUT2D eigenvalue weighted by Gasteiger charge is -2.49. The fraction of sp³-hybridized carbons (Fsp3) is 0.250. The van der Waals surface area contributed by atoms with Crippen molar-refractivity contribution in [2.75, 3.05) is 12.4 Å². The van der Waals surface area contributed by atoms with Gasteiger partial charge in [0.1, 0.15) is 23.2 Å². The number of thioether (sulfide) groups is 1. The van der Waals surface area contributed by atoms with E-state index in [9.17, 15) is 34.4 Å². The van der Waals surface area contributed by atoms with Gasteiger partial charge in [0, 0.05) is 16.8 Å². The lowest BCUT2D eigenvalue weighted by molar-refractivity contribution is -0.385. The third-order valence-corrected chi connectivity index (χ3v) is 7.50. The third kappa shape index (κ3) is 5.43. The van der Waals surface area contributed by atoms with Crippen molar-refractivity contribution < 1.29 is 33.9 Å². The predicted octanol–water partition coefficient (Wildman–Crippen LogP) is 2.24. The summed E-state index contributed by atoms with van der Waals surface area (Å²) >= 11 is 7.12. The van der Waals surface area contributed by atoms with Gasteiger partial charge in [0.15, 0.2) is 12.4 Å². The number of nitrogens with one attached hydrogen (secondary N) is 2. The number of hydrogen-bond acceptors (Lipinski definition) is 8. The van der Waals surface area contributed by atoms with E-state index >= 15 is 0 Å². The number of carbonyl (C=O) groups excluding carboxylic acids is 3. The van der Waals surface area contributed by atoms with Gasteiger partial charge in [-0.05, 0) is 30.2 Å². The number of halogens is 1. The summed E-state index contributed by atoms with van der Waals surface area (Å²) in [4.78, 5) is 62.1. The topological polar surface area (TPSA) is 168 Å². The summed E-state index contributed by atoms with van der Waals surface area (Å²) in [6.07, 6.45) is 0. The van der Waals surface area contributed by atoms with Gasteiger partial charge in [0.2, 0.25) is 5.91 Å². The number of aliphatic carboxylic acids is 1. The zero-order chi connectivity index (χ0) is 27.6. The van der Waals surface area contributed by atoms with Crippen LogP contribution < -0.4 is 15.4 Å². The number of carbonyl (C=O) groups is 4. The molecule has 0 bridgehead atoms. The molecule has 3 N–H and O–H groups in total. The van der Waals surface area contributed by atoms with Gasteiger partial charge < -0.3 is 20.5 Å². The standard InChI is InChI=1S/C24H21ClN4O8S/c1-12-11-38-23-19(22(32)28(23)20(12)24(33)34)27-21(31)18(13-5-3-2-4-6-13)26-17(30)10-37-16-8-7-14(25)9-15(16)29(35)36/h2-9,18-19,23H,10-11H2,1H3,(H,26,30)(H,27,31)(H,33,34)/t18-,19?,23-/m0/s1. The molecule has 12 nitrogen and oxygen atoms in total. The number of rotatable bonds is 9. The lowest BCUT2D eigenvalue weighted by Crippen LogP contribution is -2.71. The molecule has 2 aliphatic rings. The fourth-order valence-corrected chi connectivity index (χ4v) is 5.52. The van der Waals surface area contributed by atoms with E-state index < -0.39 is 58.4 Å². The molecule has 3 atom stereocenters. The second-order valence-corrected chi connectivity index (χ2v) is 9.94. The maximum absolute atomic E-state index is 13.3. The van der Waals surface area contributed by atoms with Crippen molar-refractivity contribution in [2.45, 2.75) is 24.4 Å². The quantitative estimate of drug-likeness (QED) is 0.236. The normalized spacial score (nSPS) is 19.1. The van der Waals surface area contributed by atoms with Crippen molar-refractivity contribution in [1.29, 1.82) is 0 Å². The molecule has 0 saturated carbocycles. The van der Waals surface area contributed by atoms with Gasteiger partial charge in [0.25, 0.3) is 11.8 Å². The second-order valence-electron chi connectivity index (χ2n) is 8.40. The molecule has 2 aliphatic heterocycles. The molecule has 0 radical (unpaired) electrons. The lowest BCUT2D eigenvalue weighted by atomic mass is 10.0. The minimum absolute atomic E-state index is 0.0920. The van der Waals surface area contributed by atoms with Crippen LogP contribution in [0.25, 0.3) is 0 Å². The van der Waals surface area contributed by atoms with Crippen molar-refractivity contribution in [3.05, 3.63) is 80.5 Å². The summed E-state index contributed by atoms with van der Waals surface area (Å²) < 4.78 is 5.31. The first-order valence-electron chi connectivity index (χ1n) is 11.2. The Morgan fingerprint density at radius 2 is 1.97 bits per heavy atom. The van der Waals surface area contributed by atoms with E-state index in [-0.39, 0.29) is 16.5 Å². The molecule has 198 valence electrons. The number of benzene rings is 2. The van der Waals surface area contributed by atoms with E-state index in [2.05, 4.69) is 10.6 Å². The smallest absolute Gasteiger partial charge is 0.352 e. The molecule has 1 unspecified atom stereocenters. The third-order valence-electron chi connectivity index (χ3n) is 5.84. The Morgan fingerprint density at radius 1 is 1.26 bits per heavy atom. The largest absolute Gasteiger partial charge is 0.477 e. The molecular formula is C24H21ClN4O8S. The van der Waals surface area contributed by atoms with Crippen LogP contribution >= 0.6 is 23.4 Å². The van der Waals surface area contributed by atoms with Crippen molar-refractivity contribution in [2.24, 2.45) is 0 Å². The highest BCUT2D eigenvalue weighted by atomic mass is 35.5. The summed E-state index contributed by atoms with van der Waals surface area (Å²) in [5, 5.41) is 25.4. The Bertz CT molecular complexity index is 1350. The molecule has 38 heavy (non-hydrogen) atoms. The van der Waals surface area contributed by atoms with E-state index in [0.717, 1.165) is 11.0 Å². The van der Waals surface area contributed by atoms with Gasteiger partial charge in [-0.15, -0.1) is 11.8 Å². The maximum Gasteiger partial charge on any atom is 0.352 e. The van der Waals surface area contributed by atoms with Crippen LogP contribution in [0.1, 0.15) is 18.5 Å². The molecule has 14 heteroatoms. The monoisotopic (exact) mass is 560 g/mol. The number of nitro benzene ring substituents is 1. The summed E-state index contributed by atoms with van der Waals surface area (Å²) in [6, 6.07) is 9.77. The second kappa shape index (κ2) is 11.1. The van der Waals surface area contributed by atoms with E-state index in [0.29, 0.717) is 16.9 Å². The Hall–Kier alpha value is -4.10. The molecule has 2 heterocycles. The first-order chi connectivity index (χ1) is 18.1. The molecule has 3 amide bonds. The molecule has 0 spiro atoms. The predicted molar refractivity (Wildman–Crippen MR) is 136 cm³/mol. The van der Waals surface area contributed by atoms with Gasteiger partial charge in [-0.25, -0.2) is 4.79 Å². The summed E-state index contributed by atoms with van der Waals surface area (Å²) in [7, 11) is 0. The van der Waals surface area contributed by atoms with Crippen LogP contribution in [0.5, 0.6) is 5.75 Å². The number of amides is 3. The van der Waals surface area contributed by atoms with Crippen LogP contribution in [0.3, 0.4) is 0 Å². The van der Waals surface area contributed by atoms with Crippen LogP contribution in [0.15, 0.2) is 59.8 Å². The minimum atomic E-state index is -1.22. The van der Waals surface area contributed by atoms with Crippen LogP contribution in [-0.4, -0.2) is 62.4 Å². The number of carboxylic acid groups (broad SMARTS) is 1. The fourth-order valence-electron chi connectivity index (χ4n) is 4.06. The molecule has 2 aromatic carbocycles. The summed E-state index contributed by atoms with van der Waals surface area (Å²) in [5.74, 6) is -3.02. The number of ether oxygens (including phenoxy) is 1. The zero-order valence-electron chi connectivity index (χ0n) is 19.8. The summed E-state index contributed by atoms with van der Waals surface area (Å²) in [5.41, 5.74) is 0.446. The average molecular weight is 561 g/mol. The van der Waals surface area contributed by atoms with E-state index in [1.165, 1.54) is 23.9 Å². The molecular weight excluding hydrogens is 540 g/mol. The zero-order valence-corrected chi connectivity index (χ0v) is 21.3. The van der Waals surface area contributed by atoms with Gasteiger partial charge >= 0.3 is 11.7 Å². The molecule has 1 saturated heterocycles. The number of fused-ring (bicyclic) bond motifs is 1. The number of β-lactam (4-membered cyclic amide) rings is 1. The van der Waals surface area contributed by atoms with Crippen molar-refractivity contribution in [3.8, 4) is 5.75 Å².